The maximum absolute atomic E-state index is 6.00. The van der Waals surface area contributed by atoms with E-state index < -0.39 is 0 Å². The quantitative estimate of drug-likeness (QED) is 0.859. The van der Waals surface area contributed by atoms with E-state index in [1.807, 2.05) is 6.07 Å². The number of nitrogens with zero attached hydrogens (tertiary/aromatic N) is 1. The highest BCUT2D eigenvalue weighted by Gasteiger charge is 2.36. The lowest BCUT2D eigenvalue weighted by atomic mass is 10.1. The van der Waals surface area contributed by atoms with Crippen molar-refractivity contribution in [3.05, 3.63) is 18.2 Å². The average Bonchev–Trinajstić information content (AvgIpc) is 2.95. The SMILES string of the molecule is CCCOc1cc(N2CCOC3CCCC32)ccc1N. The maximum Gasteiger partial charge on any atom is 0.144 e. The van der Waals surface area contributed by atoms with E-state index in [0.717, 1.165) is 31.0 Å². The fraction of sp³-hybridized carbons (Fsp3) is 0.625. The van der Waals surface area contributed by atoms with Gasteiger partial charge in [-0.05, 0) is 37.8 Å². The first-order valence-corrected chi connectivity index (χ1v) is 7.70. The molecule has 3 rings (SSSR count). The van der Waals surface area contributed by atoms with Gasteiger partial charge in [-0.2, -0.15) is 0 Å². The molecule has 1 aromatic carbocycles. The molecule has 1 saturated carbocycles. The number of benzene rings is 1. The predicted molar refractivity (Wildman–Crippen MR) is 81.4 cm³/mol. The van der Waals surface area contributed by atoms with E-state index in [-0.39, 0.29) is 0 Å². The van der Waals surface area contributed by atoms with Crippen LogP contribution in [-0.2, 0) is 4.74 Å². The lowest BCUT2D eigenvalue weighted by Gasteiger charge is -2.39. The molecule has 1 saturated heterocycles. The highest BCUT2D eigenvalue weighted by molar-refractivity contribution is 5.63. The van der Waals surface area contributed by atoms with Gasteiger partial charge in [0.25, 0.3) is 0 Å². The molecule has 4 nitrogen and oxygen atoms in total. The zero-order chi connectivity index (χ0) is 13.9. The van der Waals surface area contributed by atoms with E-state index in [1.54, 1.807) is 0 Å². The van der Waals surface area contributed by atoms with E-state index >= 15 is 0 Å². The Kier molecular flexibility index (Phi) is 4.01. The fourth-order valence-electron chi connectivity index (χ4n) is 3.28. The molecular formula is C16H24N2O2. The van der Waals surface area contributed by atoms with Crippen molar-refractivity contribution >= 4 is 11.4 Å². The van der Waals surface area contributed by atoms with Gasteiger partial charge in [-0.3, -0.25) is 0 Å². The molecule has 2 N–H and O–H groups in total. The van der Waals surface area contributed by atoms with Crippen LogP contribution >= 0.6 is 0 Å². The second-order valence-corrected chi connectivity index (χ2v) is 5.67. The van der Waals surface area contributed by atoms with Crippen LogP contribution in [-0.4, -0.2) is 31.9 Å². The zero-order valence-electron chi connectivity index (χ0n) is 12.2. The number of nitrogen functional groups attached to an aromatic ring is 1. The van der Waals surface area contributed by atoms with Crippen molar-refractivity contribution in [3.8, 4) is 5.75 Å². The van der Waals surface area contributed by atoms with Crippen molar-refractivity contribution in [2.75, 3.05) is 30.4 Å². The Morgan fingerprint density at radius 2 is 2.30 bits per heavy atom. The first-order valence-electron chi connectivity index (χ1n) is 7.70. The molecular weight excluding hydrogens is 252 g/mol. The van der Waals surface area contributed by atoms with Gasteiger partial charge in [0, 0.05) is 18.3 Å². The highest BCUT2D eigenvalue weighted by Crippen LogP contribution is 2.35. The van der Waals surface area contributed by atoms with E-state index in [9.17, 15) is 0 Å². The topological polar surface area (TPSA) is 47.7 Å². The van der Waals surface area contributed by atoms with Crippen LogP contribution in [0.4, 0.5) is 11.4 Å². The van der Waals surface area contributed by atoms with Gasteiger partial charge in [0.1, 0.15) is 5.75 Å². The van der Waals surface area contributed by atoms with Crippen LogP contribution in [0.1, 0.15) is 32.6 Å². The Balaban J connectivity index is 1.81. The Morgan fingerprint density at radius 3 is 3.15 bits per heavy atom. The molecule has 2 unspecified atom stereocenters. The van der Waals surface area contributed by atoms with Crippen LogP contribution in [0.5, 0.6) is 5.75 Å². The number of hydrogen-bond donors (Lipinski definition) is 1. The summed E-state index contributed by atoms with van der Waals surface area (Å²) >= 11 is 0. The summed E-state index contributed by atoms with van der Waals surface area (Å²) in [6.45, 7) is 4.59. The average molecular weight is 276 g/mol. The van der Waals surface area contributed by atoms with Crippen molar-refractivity contribution in [2.24, 2.45) is 0 Å². The van der Waals surface area contributed by atoms with Gasteiger partial charge >= 0.3 is 0 Å². The summed E-state index contributed by atoms with van der Waals surface area (Å²) in [5.74, 6) is 0.811. The minimum atomic E-state index is 0.404. The Labute approximate surface area is 120 Å². The van der Waals surface area contributed by atoms with Gasteiger partial charge in [0.2, 0.25) is 0 Å². The van der Waals surface area contributed by atoms with E-state index in [0.29, 0.717) is 18.8 Å². The number of nitrogens with two attached hydrogens (primary N) is 1. The number of anilines is 2. The molecule has 2 atom stereocenters. The van der Waals surface area contributed by atoms with E-state index in [2.05, 4.69) is 24.0 Å². The summed E-state index contributed by atoms with van der Waals surface area (Å²) < 4.78 is 11.6. The van der Waals surface area contributed by atoms with Crippen molar-refractivity contribution in [2.45, 2.75) is 44.8 Å². The molecule has 1 aliphatic heterocycles. The molecule has 110 valence electrons. The first kappa shape index (κ1) is 13.6. The van der Waals surface area contributed by atoms with Crippen LogP contribution in [0.15, 0.2) is 18.2 Å². The van der Waals surface area contributed by atoms with E-state index in [4.69, 9.17) is 15.2 Å². The van der Waals surface area contributed by atoms with Crippen LogP contribution in [0.2, 0.25) is 0 Å². The highest BCUT2D eigenvalue weighted by atomic mass is 16.5. The molecule has 0 spiro atoms. The lowest BCUT2D eigenvalue weighted by molar-refractivity contribution is 0.0256. The summed E-state index contributed by atoms with van der Waals surface area (Å²) in [6.07, 6.45) is 5.07. The monoisotopic (exact) mass is 276 g/mol. The van der Waals surface area contributed by atoms with Gasteiger partial charge in [-0.25, -0.2) is 0 Å². The second-order valence-electron chi connectivity index (χ2n) is 5.67. The molecule has 1 heterocycles. The third kappa shape index (κ3) is 2.57. The molecule has 2 fully saturated rings. The number of hydrogen-bond acceptors (Lipinski definition) is 4. The van der Waals surface area contributed by atoms with Crippen molar-refractivity contribution < 1.29 is 9.47 Å². The second kappa shape index (κ2) is 5.92. The summed E-state index contributed by atoms with van der Waals surface area (Å²) in [5, 5.41) is 0. The van der Waals surface area contributed by atoms with E-state index in [1.165, 1.54) is 24.9 Å². The lowest BCUT2D eigenvalue weighted by Crippen LogP contribution is -2.48. The van der Waals surface area contributed by atoms with Gasteiger partial charge in [0.05, 0.1) is 31.0 Å². The first-order chi connectivity index (χ1) is 9.79. The summed E-state index contributed by atoms with van der Waals surface area (Å²) in [7, 11) is 0. The van der Waals surface area contributed by atoms with Gasteiger partial charge in [0.15, 0.2) is 0 Å². The Bertz CT molecular complexity index is 464. The molecule has 20 heavy (non-hydrogen) atoms. The molecule has 0 aromatic heterocycles. The smallest absolute Gasteiger partial charge is 0.144 e. The normalized spacial score (nSPS) is 25.6. The Hall–Kier alpha value is -1.42. The van der Waals surface area contributed by atoms with Crippen LogP contribution < -0.4 is 15.4 Å². The van der Waals surface area contributed by atoms with Crippen LogP contribution in [0, 0.1) is 0 Å². The molecule has 2 aliphatic rings. The Morgan fingerprint density at radius 1 is 1.40 bits per heavy atom. The summed E-state index contributed by atoms with van der Waals surface area (Å²) in [5.41, 5.74) is 7.93. The van der Waals surface area contributed by atoms with Crippen LogP contribution in [0.25, 0.3) is 0 Å². The van der Waals surface area contributed by atoms with Gasteiger partial charge in [-0.1, -0.05) is 6.92 Å². The predicted octanol–water partition coefficient (Wildman–Crippen LogP) is 2.82. The maximum atomic E-state index is 6.00. The van der Waals surface area contributed by atoms with Crippen molar-refractivity contribution in [3.63, 3.8) is 0 Å². The minimum absolute atomic E-state index is 0.404. The minimum Gasteiger partial charge on any atom is -0.491 e. The largest absolute Gasteiger partial charge is 0.491 e. The molecule has 0 amide bonds. The molecule has 4 heteroatoms. The third-order valence-corrected chi connectivity index (χ3v) is 4.27. The number of ether oxygens (including phenoxy) is 2. The zero-order valence-corrected chi connectivity index (χ0v) is 12.2. The molecule has 1 aliphatic carbocycles. The number of morpholine rings is 1. The standard InChI is InChI=1S/C16H24N2O2/c1-2-9-19-16-11-12(6-7-13(16)17)18-8-10-20-15-5-3-4-14(15)18/h6-7,11,14-15H,2-5,8-10,17H2,1H3. The number of fused-ring (bicyclic) bond motifs is 1. The fourth-order valence-corrected chi connectivity index (χ4v) is 3.28. The van der Waals surface area contributed by atoms with Gasteiger partial charge < -0.3 is 20.1 Å². The van der Waals surface area contributed by atoms with Gasteiger partial charge in [-0.15, -0.1) is 0 Å². The van der Waals surface area contributed by atoms with Crippen LogP contribution in [0.3, 0.4) is 0 Å². The van der Waals surface area contributed by atoms with Crippen molar-refractivity contribution in [1.82, 2.24) is 0 Å². The summed E-state index contributed by atoms with van der Waals surface area (Å²) in [4.78, 5) is 2.47. The number of rotatable bonds is 4. The molecule has 0 radical (unpaired) electrons. The third-order valence-electron chi connectivity index (χ3n) is 4.27. The molecule has 1 aromatic rings. The van der Waals surface area contributed by atoms with Crippen molar-refractivity contribution in [1.29, 1.82) is 0 Å². The molecule has 0 bridgehead atoms. The summed E-state index contributed by atoms with van der Waals surface area (Å²) in [6, 6.07) is 6.67.